The summed E-state index contributed by atoms with van der Waals surface area (Å²) < 4.78 is 5.72. The van der Waals surface area contributed by atoms with E-state index in [1.165, 1.54) is 11.3 Å². The van der Waals surface area contributed by atoms with E-state index in [9.17, 15) is 4.79 Å². The van der Waals surface area contributed by atoms with Gasteiger partial charge in [-0.2, -0.15) is 4.98 Å². The van der Waals surface area contributed by atoms with Crippen LogP contribution in [0.15, 0.2) is 81.2 Å². The molecule has 3 heterocycles. The van der Waals surface area contributed by atoms with Crippen LogP contribution in [0.5, 0.6) is 0 Å². The zero-order valence-electron chi connectivity index (χ0n) is 17.8. The van der Waals surface area contributed by atoms with Crippen molar-refractivity contribution in [3.63, 3.8) is 0 Å². The molecule has 9 heteroatoms. The van der Waals surface area contributed by atoms with E-state index in [0.29, 0.717) is 28.1 Å². The maximum Gasteiger partial charge on any atom is 0.326 e. The molecule has 6 nitrogen and oxygen atoms in total. The van der Waals surface area contributed by atoms with Crippen LogP contribution in [0.1, 0.15) is 24.4 Å². The van der Waals surface area contributed by atoms with Gasteiger partial charge in [-0.1, -0.05) is 41.0 Å². The fraction of sp³-hybridized carbons (Fsp3) is 0.125. The monoisotopic (exact) mass is 494 g/mol. The molecular weight excluding hydrogens is 476 g/mol. The minimum Gasteiger partial charge on any atom is -0.334 e. The number of hydrogen-bond donors (Lipinski definition) is 1. The molecule has 1 unspecified atom stereocenters. The van der Waals surface area contributed by atoms with E-state index in [0.717, 1.165) is 20.9 Å². The highest BCUT2D eigenvalue weighted by atomic mass is 35.5. The molecule has 0 spiro atoms. The van der Waals surface area contributed by atoms with Crippen LogP contribution in [0.25, 0.3) is 16.3 Å². The van der Waals surface area contributed by atoms with Crippen LogP contribution in [0.4, 0.5) is 10.5 Å². The van der Waals surface area contributed by atoms with Crippen LogP contribution < -0.4 is 10.2 Å². The molecule has 2 aromatic heterocycles. The Morgan fingerprint density at radius 3 is 2.67 bits per heavy atom. The fourth-order valence-corrected chi connectivity index (χ4v) is 5.07. The molecule has 1 atom stereocenters. The Hall–Kier alpha value is -3.07. The van der Waals surface area contributed by atoms with Crippen LogP contribution in [0.3, 0.4) is 0 Å². The number of benzene rings is 2. The van der Waals surface area contributed by atoms with E-state index in [1.807, 2.05) is 67.1 Å². The highest BCUT2D eigenvalue weighted by Gasteiger charge is 2.36. The van der Waals surface area contributed by atoms with Crippen molar-refractivity contribution in [1.82, 2.24) is 15.5 Å². The van der Waals surface area contributed by atoms with Gasteiger partial charge in [0, 0.05) is 15.6 Å². The lowest BCUT2D eigenvalue weighted by atomic mass is 9.94. The first-order valence-electron chi connectivity index (χ1n) is 10.1. The third-order valence-corrected chi connectivity index (χ3v) is 7.24. The molecule has 0 bridgehead atoms. The molecule has 1 aliphatic rings. The van der Waals surface area contributed by atoms with Crippen LogP contribution >= 0.6 is 34.7 Å². The van der Waals surface area contributed by atoms with Gasteiger partial charge in [0.15, 0.2) is 0 Å². The molecule has 0 radical (unpaired) electrons. The summed E-state index contributed by atoms with van der Waals surface area (Å²) in [6, 6.07) is 18.5. The number of amides is 2. The quantitative estimate of drug-likeness (QED) is 0.306. The summed E-state index contributed by atoms with van der Waals surface area (Å²) in [5, 5.41) is 9.81. The smallest absolute Gasteiger partial charge is 0.326 e. The third-order valence-electron chi connectivity index (χ3n) is 5.40. The predicted octanol–water partition coefficient (Wildman–Crippen LogP) is 6.88. The van der Waals surface area contributed by atoms with Crippen molar-refractivity contribution < 1.29 is 9.32 Å². The average Bonchev–Trinajstić information content (AvgIpc) is 3.51. The lowest BCUT2D eigenvalue weighted by molar-refractivity contribution is 0.244. The maximum absolute atomic E-state index is 13.3. The number of urea groups is 1. The van der Waals surface area contributed by atoms with Gasteiger partial charge in [-0.05, 0) is 60.5 Å². The molecule has 0 aliphatic carbocycles. The van der Waals surface area contributed by atoms with Crippen molar-refractivity contribution in [2.24, 2.45) is 0 Å². The summed E-state index contributed by atoms with van der Waals surface area (Å²) in [4.78, 5) is 21.6. The summed E-state index contributed by atoms with van der Waals surface area (Å²) in [6.07, 6.45) is 2.03. The van der Waals surface area contributed by atoms with E-state index in [1.54, 1.807) is 28.8 Å². The van der Waals surface area contributed by atoms with Crippen molar-refractivity contribution in [3.05, 3.63) is 88.2 Å². The molecule has 0 saturated carbocycles. The largest absolute Gasteiger partial charge is 0.334 e. The maximum atomic E-state index is 13.3. The van der Waals surface area contributed by atoms with Gasteiger partial charge >= 0.3 is 6.03 Å². The Morgan fingerprint density at radius 2 is 1.97 bits per heavy atom. The molecular formula is C24H19ClN4O2S2. The van der Waals surface area contributed by atoms with Crippen LogP contribution in [0.2, 0.25) is 5.02 Å². The second kappa shape index (κ2) is 9.05. The average molecular weight is 495 g/mol. The molecule has 1 N–H and O–H groups in total. The molecule has 0 fully saturated rings. The highest BCUT2D eigenvalue weighted by molar-refractivity contribution is 7.98. The SMILES string of the molecule is CSc1ccc(C2NC(=O)N(c3cccc(Cl)c3)C(C)=C2c2nc(-c3cccs3)no2)cc1. The normalized spacial score (nSPS) is 16.3. The third kappa shape index (κ3) is 4.17. The minimum absolute atomic E-state index is 0.254. The van der Waals surface area contributed by atoms with Gasteiger partial charge in [-0.15, -0.1) is 23.1 Å². The number of thiophene rings is 1. The zero-order valence-corrected chi connectivity index (χ0v) is 20.2. The number of allylic oxidation sites excluding steroid dienone is 1. The number of halogens is 1. The summed E-state index contributed by atoms with van der Waals surface area (Å²) in [7, 11) is 0. The van der Waals surface area contributed by atoms with Gasteiger partial charge in [0.1, 0.15) is 0 Å². The Bertz CT molecular complexity index is 1330. The van der Waals surface area contributed by atoms with Gasteiger partial charge in [0.2, 0.25) is 5.82 Å². The number of rotatable bonds is 5. The number of nitrogens with zero attached hydrogens (tertiary/aromatic N) is 3. The predicted molar refractivity (Wildman–Crippen MR) is 134 cm³/mol. The van der Waals surface area contributed by atoms with Gasteiger partial charge in [-0.3, -0.25) is 4.90 Å². The van der Waals surface area contributed by atoms with E-state index in [4.69, 9.17) is 16.1 Å². The number of carbonyl (C=O) groups is 1. The van der Waals surface area contributed by atoms with Crippen molar-refractivity contribution in [2.45, 2.75) is 17.9 Å². The van der Waals surface area contributed by atoms with Crippen molar-refractivity contribution in [3.8, 4) is 10.7 Å². The van der Waals surface area contributed by atoms with Gasteiger partial charge in [0.25, 0.3) is 5.89 Å². The summed E-state index contributed by atoms with van der Waals surface area (Å²) >= 11 is 9.41. The van der Waals surface area contributed by atoms with Crippen LogP contribution in [-0.2, 0) is 0 Å². The second-order valence-electron chi connectivity index (χ2n) is 7.37. The molecule has 0 saturated heterocycles. The number of carbonyl (C=O) groups excluding carboxylic acids is 1. The number of aromatic nitrogens is 2. The summed E-state index contributed by atoms with van der Waals surface area (Å²) in [5.74, 6) is 0.879. The molecule has 1 aliphatic heterocycles. The fourth-order valence-electron chi connectivity index (χ4n) is 3.83. The van der Waals surface area contributed by atoms with Crippen LogP contribution in [-0.4, -0.2) is 22.4 Å². The van der Waals surface area contributed by atoms with E-state index in [2.05, 4.69) is 15.5 Å². The second-order valence-corrected chi connectivity index (χ2v) is 9.63. The summed E-state index contributed by atoms with van der Waals surface area (Å²) in [5.41, 5.74) is 3.02. The number of thioether (sulfide) groups is 1. The first-order valence-corrected chi connectivity index (χ1v) is 12.6. The Labute approximate surface area is 204 Å². The molecule has 2 amide bonds. The lowest BCUT2D eigenvalue weighted by Crippen LogP contribution is -2.46. The van der Waals surface area contributed by atoms with Gasteiger partial charge < -0.3 is 9.84 Å². The first-order chi connectivity index (χ1) is 16.0. The van der Waals surface area contributed by atoms with Gasteiger partial charge in [0.05, 0.1) is 22.2 Å². The van der Waals surface area contributed by atoms with Gasteiger partial charge in [-0.25, -0.2) is 4.79 Å². The van der Waals surface area contributed by atoms with Crippen LogP contribution in [0, 0.1) is 0 Å². The Kier molecular flexibility index (Phi) is 5.97. The highest BCUT2D eigenvalue weighted by Crippen LogP contribution is 2.40. The molecule has 166 valence electrons. The standard InChI is InChI=1S/C24H19ClN4O2S2/c1-14-20(23-27-22(28-31-23)19-7-4-12-33-19)21(15-8-10-18(32-2)11-9-15)26-24(30)29(14)17-6-3-5-16(25)13-17/h3-13,21H,1-2H3,(H,26,30). The van der Waals surface area contributed by atoms with E-state index in [-0.39, 0.29) is 6.03 Å². The van der Waals surface area contributed by atoms with Crippen molar-refractivity contribution in [1.29, 1.82) is 0 Å². The topological polar surface area (TPSA) is 71.3 Å². The minimum atomic E-state index is -0.444. The number of nitrogens with one attached hydrogen (secondary N) is 1. The Balaban J connectivity index is 1.65. The van der Waals surface area contributed by atoms with Crippen molar-refractivity contribution >= 4 is 52.0 Å². The molecule has 4 aromatic rings. The number of anilines is 1. The lowest BCUT2D eigenvalue weighted by Gasteiger charge is -2.35. The summed E-state index contributed by atoms with van der Waals surface area (Å²) in [6.45, 7) is 1.88. The van der Waals surface area contributed by atoms with E-state index >= 15 is 0 Å². The molecule has 5 rings (SSSR count). The first kappa shape index (κ1) is 21.8. The molecule has 33 heavy (non-hydrogen) atoms. The Morgan fingerprint density at radius 1 is 1.15 bits per heavy atom. The molecule has 2 aromatic carbocycles. The number of hydrogen-bond acceptors (Lipinski definition) is 6. The van der Waals surface area contributed by atoms with Crippen molar-refractivity contribution in [2.75, 3.05) is 11.2 Å². The van der Waals surface area contributed by atoms with E-state index < -0.39 is 6.04 Å². The zero-order chi connectivity index (χ0) is 22.9.